The minimum absolute atomic E-state index is 0.501. The van der Waals surface area contributed by atoms with Crippen molar-refractivity contribution in [3.05, 3.63) is 29.3 Å². The fourth-order valence-electron chi connectivity index (χ4n) is 7.06. The largest absolute Gasteiger partial charge is 0.497 e. The van der Waals surface area contributed by atoms with Gasteiger partial charge in [0.05, 0.1) is 7.11 Å². The van der Waals surface area contributed by atoms with Crippen LogP contribution in [0.5, 0.6) is 5.75 Å². The second-order valence-electron chi connectivity index (χ2n) is 9.63. The summed E-state index contributed by atoms with van der Waals surface area (Å²) in [5.74, 6) is 3.60. The van der Waals surface area contributed by atoms with E-state index in [1.807, 2.05) is 7.11 Å². The number of ether oxygens (including phenoxy) is 2. The first kappa shape index (κ1) is 18.3. The molecule has 26 heavy (non-hydrogen) atoms. The zero-order valence-electron chi connectivity index (χ0n) is 17.1. The van der Waals surface area contributed by atoms with Gasteiger partial charge in [0.2, 0.25) is 0 Å². The highest BCUT2D eigenvalue weighted by Crippen LogP contribution is 2.68. The standard InChI is InChI=1S/C24H36O2/c1-23(12-5-15-25-3)13-11-22-21-8-6-17-16-18(26-4)7-9-19(17)20(21)10-14-24(22,23)2/h7,9,16,20-22H,5-6,8,10-15H2,1-4H3/t20-,21-,22+,23+,24+/m1/s1. The van der Waals surface area contributed by atoms with Crippen molar-refractivity contribution in [3.8, 4) is 5.75 Å². The van der Waals surface area contributed by atoms with Gasteiger partial charge in [0.1, 0.15) is 5.75 Å². The maximum Gasteiger partial charge on any atom is 0.119 e. The van der Waals surface area contributed by atoms with Crippen LogP contribution in [-0.2, 0) is 11.2 Å². The maximum absolute atomic E-state index is 5.47. The average Bonchev–Trinajstić information content (AvgIpc) is 2.92. The highest BCUT2D eigenvalue weighted by atomic mass is 16.5. The van der Waals surface area contributed by atoms with Crippen molar-refractivity contribution in [3.63, 3.8) is 0 Å². The third-order valence-corrected chi connectivity index (χ3v) is 8.79. The molecule has 0 aromatic heterocycles. The second-order valence-corrected chi connectivity index (χ2v) is 9.63. The summed E-state index contributed by atoms with van der Waals surface area (Å²) in [6.45, 7) is 6.14. The van der Waals surface area contributed by atoms with E-state index in [1.54, 1.807) is 18.2 Å². The van der Waals surface area contributed by atoms with Gasteiger partial charge in [-0.25, -0.2) is 0 Å². The Hall–Kier alpha value is -1.02. The summed E-state index contributed by atoms with van der Waals surface area (Å²) in [7, 11) is 3.61. The molecule has 2 heteroatoms. The Kier molecular flexibility index (Phi) is 4.84. The predicted molar refractivity (Wildman–Crippen MR) is 107 cm³/mol. The lowest BCUT2D eigenvalue weighted by Gasteiger charge is -2.54. The molecule has 2 saturated carbocycles. The second kappa shape index (κ2) is 6.86. The van der Waals surface area contributed by atoms with Crippen LogP contribution >= 0.6 is 0 Å². The molecule has 0 heterocycles. The van der Waals surface area contributed by atoms with Gasteiger partial charge in [0.25, 0.3) is 0 Å². The molecule has 2 nitrogen and oxygen atoms in total. The van der Waals surface area contributed by atoms with Crippen LogP contribution in [0.15, 0.2) is 18.2 Å². The zero-order valence-corrected chi connectivity index (χ0v) is 17.1. The van der Waals surface area contributed by atoms with Crippen molar-refractivity contribution >= 4 is 0 Å². The summed E-state index contributed by atoms with van der Waals surface area (Å²) < 4.78 is 10.8. The van der Waals surface area contributed by atoms with Crippen LogP contribution in [0, 0.1) is 22.7 Å². The molecule has 4 rings (SSSR count). The smallest absolute Gasteiger partial charge is 0.119 e. The SMILES string of the molecule is COCCC[C@@]1(C)CC[C@H]2[C@@H]3CCc4cc(OC)ccc4[C@H]3CC[C@@]21C. The Morgan fingerprint density at radius 2 is 1.92 bits per heavy atom. The molecule has 5 atom stereocenters. The van der Waals surface area contributed by atoms with E-state index < -0.39 is 0 Å². The fourth-order valence-corrected chi connectivity index (χ4v) is 7.06. The predicted octanol–water partition coefficient (Wildman–Crippen LogP) is 5.98. The molecule has 3 aliphatic carbocycles. The Labute approximate surface area is 159 Å². The monoisotopic (exact) mass is 356 g/mol. The molecule has 0 unspecified atom stereocenters. The average molecular weight is 357 g/mol. The van der Waals surface area contributed by atoms with Crippen molar-refractivity contribution in [2.45, 2.75) is 71.1 Å². The number of fused-ring (bicyclic) bond motifs is 5. The first-order valence-corrected chi connectivity index (χ1v) is 10.7. The Bertz CT molecular complexity index is 654. The van der Waals surface area contributed by atoms with Crippen molar-refractivity contribution < 1.29 is 9.47 Å². The van der Waals surface area contributed by atoms with Crippen LogP contribution in [-0.4, -0.2) is 20.8 Å². The summed E-state index contributed by atoms with van der Waals surface area (Å²) >= 11 is 0. The summed E-state index contributed by atoms with van der Waals surface area (Å²) in [6.07, 6.45) is 10.8. The molecule has 1 aromatic carbocycles. The van der Waals surface area contributed by atoms with Crippen molar-refractivity contribution in [2.75, 3.05) is 20.8 Å². The number of hydrogen-bond donors (Lipinski definition) is 0. The van der Waals surface area contributed by atoms with Crippen molar-refractivity contribution in [1.29, 1.82) is 0 Å². The van der Waals surface area contributed by atoms with Gasteiger partial charge in [0, 0.05) is 13.7 Å². The molecule has 0 amide bonds. The minimum atomic E-state index is 0.501. The van der Waals surface area contributed by atoms with E-state index >= 15 is 0 Å². The zero-order chi connectivity index (χ0) is 18.4. The van der Waals surface area contributed by atoms with Crippen LogP contribution in [0.2, 0.25) is 0 Å². The van der Waals surface area contributed by atoms with Gasteiger partial charge >= 0.3 is 0 Å². The highest BCUT2D eigenvalue weighted by Gasteiger charge is 2.59. The summed E-state index contributed by atoms with van der Waals surface area (Å²) in [4.78, 5) is 0. The van der Waals surface area contributed by atoms with E-state index in [0.29, 0.717) is 10.8 Å². The third-order valence-electron chi connectivity index (χ3n) is 8.79. The number of hydrogen-bond acceptors (Lipinski definition) is 2. The molecule has 0 radical (unpaired) electrons. The normalized spacial score (nSPS) is 38.4. The summed E-state index contributed by atoms with van der Waals surface area (Å²) in [5.41, 5.74) is 4.21. The number of rotatable bonds is 5. The lowest BCUT2D eigenvalue weighted by Crippen LogP contribution is -2.46. The van der Waals surface area contributed by atoms with Gasteiger partial charge < -0.3 is 9.47 Å². The topological polar surface area (TPSA) is 18.5 Å². The van der Waals surface area contributed by atoms with E-state index in [1.165, 1.54) is 51.4 Å². The summed E-state index contributed by atoms with van der Waals surface area (Å²) in [5, 5.41) is 0. The van der Waals surface area contributed by atoms with Gasteiger partial charge in [0.15, 0.2) is 0 Å². The van der Waals surface area contributed by atoms with Gasteiger partial charge in [-0.05, 0) is 103 Å². The number of aryl methyl sites for hydroxylation is 1. The van der Waals surface area contributed by atoms with E-state index in [0.717, 1.165) is 30.1 Å². The molecule has 1 aromatic rings. The van der Waals surface area contributed by atoms with Crippen LogP contribution in [0.3, 0.4) is 0 Å². The number of benzene rings is 1. The summed E-state index contributed by atoms with van der Waals surface area (Å²) in [6, 6.07) is 6.85. The molecule has 3 aliphatic rings. The Morgan fingerprint density at radius 3 is 2.69 bits per heavy atom. The van der Waals surface area contributed by atoms with Gasteiger partial charge in [-0.1, -0.05) is 19.9 Å². The molecule has 0 N–H and O–H groups in total. The molecular weight excluding hydrogens is 320 g/mol. The van der Waals surface area contributed by atoms with Gasteiger partial charge in [-0.2, -0.15) is 0 Å². The van der Waals surface area contributed by atoms with E-state index in [-0.39, 0.29) is 0 Å². The van der Waals surface area contributed by atoms with Crippen molar-refractivity contribution in [2.24, 2.45) is 22.7 Å². The number of methoxy groups -OCH3 is 2. The van der Waals surface area contributed by atoms with Crippen LogP contribution in [0.4, 0.5) is 0 Å². The molecule has 0 bridgehead atoms. The van der Waals surface area contributed by atoms with Gasteiger partial charge in [-0.3, -0.25) is 0 Å². The Morgan fingerprint density at radius 1 is 1.08 bits per heavy atom. The van der Waals surface area contributed by atoms with Crippen molar-refractivity contribution in [1.82, 2.24) is 0 Å². The van der Waals surface area contributed by atoms with Crippen LogP contribution < -0.4 is 4.74 Å². The highest BCUT2D eigenvalue weighted by molar-refractivity contribution is 5.40. The lowest BCUT2D eigenvalue weighted by molar-refractivity contribution is -0.0253. The van der Waals surface area contributed by atoms with E-state index in [4.69, 9.17) is 9.47 Å². The first-order chi connectivity index (χ1) is 12.5. The molecule has 0 spiro atoms. The minimum Gasteiger partial charge on any atom is -0.497 e. The van der Waals surface area contributed by atoms with Crippen LogP contribution in [0.25, 0.3) is 0 Å². The Balaban J connectivity index is 1.58. The lowest BCUT2D eigenvalue weighted by atomic mass is 9.50. The third kappa shape index (κ3) is 2.71. The van der Waals surface area contributed by atoms with E-state index in [9.17, 15) is 0 Å². The van der Waals surface area contributed by atoms with Gasteiger partial charge in [-0.15, -0.1) is 0 Å². The first-order valence-electron chi connectivity index (χ1n) is 10.7. The molecule has 0 saturated heterocycles. The molecule has 2 fully saturated rings. The fraction of sp³-hybridized carbons (Fsp3) is 0.750. The molecule has 144 valence electrons. The molecule has 0 aliphatic heterocycles. The maximum atomic E-state index is 5.47. The quantitative estimate of drug-likeness (QED) is 0.604. The van der Waals surface area contributed by atoms with Crippen LogP contribution in [0.1, 0.15) is 75.8 Å². The van der Waals surface area contributed by atoms with E-state index in [2.05, 4.69) is 32.0 Å². The molecular formula is C24H36O2.